The Hall–Kier alpha value is -3.53. The lowest BCUT2D eigenvalue weighted by Gasteiger charge is -2.37. The quantitative estimate of drug-likeness (QED) is 0.429. The molecule has 3 rings (SSSR count). The molecule has 0 spiro atoms. The Morgan fingerprint density at radius 3 is 1.95 bits per heavy atom. The Labute approximate surface area is 230 Å². The molecule has 1 saturated heterocycles. The summed E-state index contributed by atoms with van der Waals surface area (Å²) in [5.41, 5.74) is 2.17. The molecule has 0 unspecified atom stereocenters. The Bertz CT molecular complexity index is 1090. The van der Waals surface area contributed by atoms with Crippen molar-refractivity contribution in [1.82, 2.24) is 10.2 Å². The number of nitrogens with zero attached hydrogens (tertiary/aromatic N) is 2. The summed E-state index contributed by atoms with van der Waals surface area (Å²) < 4.78 is 17.1. The zero-order valence-corrected chi connectivity index (χ0v) is 23.7. The first kappa shape index (κ1) is 29.0. The molecule has 0 aliphatic carbocycles. The maximum absolute atomic E-state index is 13.0. The number of nitrogens with one attached hydrogen (secondary N) is 2. The van der Waals surface area contributed by atoms with Crippen LogP contribution >= 0.6 is 12.2 Å². The molecule has 9 nitrogen and oxygen atoms in total. The minimum Gasteiger partial charge on any atom is -0.490 e. The smallest absolute Gasteiger partial charge is 0.257 e. The van der Waals surface area contributed by atoms with E-state index in [0.717, 1.165) is 24.5 Å². The third-order valence-corrected chi connectivity index (χ3v) is 6.18. The summed E-state index contributed by atoms with van der Waals surface area (Å²) in [7, 11) is 0. The van der Waals surface area contributed by atoms with Crippen LogP contribution in [0.15, 0.2) is 36.4 Å². The minimum absolute atomic E-state index is 0.0177. The summed E-state index contributed by atoms with van der Waals surface area (Å²) in [6.45, 7) is 13.7. The van der Waals surface area contributed by atoms with Gasteiger partial charge in [0.1, 0.15) is 0 Å². The number of carbonyl (C=O) groups excluding carboxylic acids is 2. The average Bonchev–Trinajstić information content (AvgIpc) is 2.90. The molecular formula is C28H38N4O5S. The molecule has 0 saturated carbocycles. The van der Waals surface area contributed by atoms with Gasteiger partial charge in [0.05, 0.1) is 19.8 Å². The number of benzene rings is 2. The summed E-state index contributed by atoms with van der Waals surface area (Å²) in [5.74, 6) is 1.18. The highest BCUT2D eigenvalue weighted by atomic mass is 32.1. The number of hydrogen-bond acceptors (Lipinski definition) is 7. The second-order valence-electron chi connectivity index (χ2n) is 9.02. The SMILES string of the molecule is CCOc1cc(C(=O)NC(=S)Nc2ccc(N3CCN(C(=O)C(C)C)CC3)cc2)cc(OCC)c1OCC. The van der Waals surface area contributed by atoms with Crippen LogP contribution < -0.4 is 29.7 Å². The first-order valence-electron chi connectivity index (χ1n) is 13.1. The minimum atomic E-state index is -0.391. The van der Waals surface area contributed by atoms with Crippen molar-refractivity contribution in [2.24, 2.45) is 5.92 Å². The summed E-state index contributed by atoms with van der Waals surface area (Å²) in [6.07, 6.45) is 0. The standard InChI is InChI=1S/C28H38N4O5S/c1-6-35-23-17-20(18-24(36-7-2)25(23)37-8-3)26(33)30-28(38)29-21-9-11-22(12-10-21)31-13-15-32(16-14-31)27(34)19(4)5/h9-12,17-19H,6-8,13-16H2,1-5H3,(H2,29,30,33,38). The van der Waals surface area contributed by atoms with Crippen molar-refractivity contribution in [3.8, 4) is 17.2 Å². The Balaban J connectivity index is 1.61. The fourth-order valence-corrected chi connectivity index (χ4v) is 4.37. The molecule has 1 heterocycles. The first-order valence-corrected chi connectivity index (χ1v) is 13.5. The van der Waals surface area contributed by atoms with Gasteiger partial charge >= 0.3 is 0 Å². The molecule has 2 amide bonds. The average molecular weight is 543 g/mol. The van der Waals surface area contributed by atoms with Crippen LogP contribution in [0.3, 0.4) is 0 Å². The number of rotatable bonds is 10. The van der Waals surface area contributed by atoms with Crippen molar-refractivity contribution in [2.45, 2.75) is 34.6 Å². The summed E-state index contributed by atoms with van der Waals surface area (Å²) >= 11 is 5.39. The predicted molar refractivity (Wildman–Crippen MR) is 154 cm³/mol. The van der Waals surface area contributed by atoms with E-state index in [1.807, 2.05) is 63.8 Å². The molecule has 2 aromatic carbocycles. The number of piperazine rings is 1. The number of thiocarbonyl (C=S) groups is 1. The zero-order chi connectivity index (χ0) is 27.7. The van der Waals surface area contributed by atoms with E-state index >= 15 is 0 Å². The zero-order valence-electron chi connectivity index (χ0n) is 22.8. The van der Waals surface area contributed by atoms with Gasteiger partial charge in [0.25, 0.3) is 5.91 Å². The summed E-state index contributed by atoms with van der Waals surface area (Å²) in [4.78, 5) is 29.4. The van der Waals surface area contributed by atoms with Crippen molar-refractivity contribution in [3.63, 3.8) is 0 Å². The molecule has 0 radical (unpaired) electrons. The van der Waals surface area contributed by atoms with E-state index in [2.05, 4.69) is 15.5 Å². The highest BCUT2D eigenvalue weighted by Gasteiger charge is 2.23. The molecule has 206 valence electrons. The molecule has 2 aromatic rings. The van der Waals surface area contributed by atoms with Crippen LogP contribution in [0.1, 0.15) is 45.0 Å². The van der Waals surface area contributed by atoms with E-state index in [9.17, 15) is 9.59 Å². The summed E-state index contributed by atoms with van der Waals surface area (Å²) in [6, 6.07) is 11.1. The van der Waals surface area contributed by atoms with Crippen molar-refractivity contribution < 1.29 is 23.8 Å². The molecule has 1 aliphatic heterocycles. The lowest BCUT2D eigenvalue weighted by molar-refractivity contribution is -0.134. The fraction of sp³-hybridized carbons (Fsp3) is 0.464. The van der Waals surface area contributed by atoms with E-state index in [0.29, 0.717) is 55.7 Å². The van der Waals surface area contributed by atoms with Crippen LogP contribution in [0.25, 0.3) is 0 Å². The van der Waals surface area contributed by atoms with Gasteiger partial charge in [-0.05, 0) is 69.4 Å². The van der Waals surface area contributed by atoms with E-state index in [-0.39, 0.29) is 16.9 Å². The van der Waals surface area contributed by atoms with Crippen LogP contribution in [-0.4, -0.2) is 67.8 Å². The predicted octanol–water partition coefficient (Wildman–Crippen LogP) is 4.31. The molecule has 38 heavy (non-hydrogen) atoms. The number of amides is 2. The van der Waals surface area contributed by atoms with Crippen LogP contribution in [0.5, 0.6) is 17.2 Å². The van der Waals surface area contributed by atoms with Crippen LogP contribution in [-0.2, 0) is 4.79 Å². The van der Waals surface area contributed by atoms with Crippen molar-refractivity contribution in [3.05, 3.63) is 42.0 Å². The van der Waals surface area contributed by atoms with Crippen molar-refractivity contribution >= 4 is 40.5 Å². The van der Waals surface area contributed by atoms with E-state index in [4.69, 9.17) is 26.4 Å². The highest BCUT2D eigenvalue weighted by molar-refractivity contribution is 7.80. The topological polar surface area (TPSA) is 92.4 Å². The van der Waals surface area contributed by atoms with Gasteiger partial charge < -0.3 is 29.3 Å². The van der Waals surface area contributed by atoms with Gasteiger partial charge in [0.2, 0.25) is 11.7 Å². The second kappa shape index (κ2) is 13.9. The maximum Gasteiger partial charge on any atom is 0.257 e. The first-order chi connectivity index (χ1) is 18.3. The van der Waals surface area contributed by atoms with Crippen LogP contribution in [0.4, 0.5) is 11.4 Å². The highest BCUT2D eigenvalue weighted by Crippen LogP contribution is 2.39. The molecule has 1 fully saturated rings. The summed E-state index contributed by atoms with van der Waals surface area (Å²) in [5, 5.41) is 5.95. The van der Waals surface area contributed by atoms with E-state index in [1.165, 1.54) is 0 Å². The van der Waals surface area contributed by atoms with Gasteiger partial charge in [-0.1, -0.05) is 13.8 Å². The molecule has 10 heteroatoms. The monoisotopic (exact) mass is 542 g/mol. The van der Waals surface area contributed by atoms with E-state index < -0.39 is 5.91 Å². The maximum atomic E-state index is 13.0. The van der Waals surface area contributed by atoms with Crippen molar-refractivity contribution in [2.75, 3.05) is 56.2 Å². The number of carbonyl (C=O) groups is 2. The number of hydrogen-bond donors (Lipinski definition) is 2. The molecule has 0 aromatic heterocycles. The Morgan fingerprint density at radius 1 is 0.895 bits per heavy atom. The molecular weight excluding hydrogens is 504 g/mol. The number of ether oxygens (including phenoxy) is 3. The largest absolute Gasteiger partial charge is 0.490 e. The van der Waals surface area contributed by atoms with Gasteiger partial charge in [-0.2, -0.15) is 0 Å². The van der Waals surface area contributed by atoms with Gasteiger partial charge in [0, 0.05) is 49.0 Å². The van der Waals surface area contributed by atoms with Crippen LogP contribution in [0, 0.1) is 5.92 Å². The second-order valence-corrected chi connectivity index (χ2v) is 9.43. The van der Waals surface area contributed by atoms with Gasteiger partial charge in [-0.25, -0.2) is 0 Å². The van der Waals surface area contributed by atoms with Crippen LogP contribution in [0.2, 0.25) is 0 Å². The Morgan fingerprint density at radius 2 is 1.45 bits per heavy atom. The molecule has 0 bridgehead atoms. The molecule has 1 aliphatic rings. The molecule has 2 N–H and O–H groups in total. The fourth-order valence-electron chi connectivity index (χ4n) is 4.16. The third-order valence-electron chi connectivity index (χ3n) is 5.97. The van der Waals surface area contributed by atoms with Gasteiger partial charge in [-0.3, -0.25) is 14.9 Å². The molecule has 0 atom stereocenters. The lowest BCUT2D eigenvalue weighted by Crippen LogP contribution is -2.49. The van der Waals surface area contributed by atoms with Gasteiger partial charge in [0.15, 0.2) is 16.6 Å². The Kier molecular flexibility index (Phi) is 10.6. The van der Waals surface area contributed by atoms with E-state index in [1.54, 1.807) is 12.1 Å². The van der Waals surface area contributed by atoms with Crippen molar-refractivity contribution in [1.29, 1.82) is 0 Å². The normalized spacial score (nSPS) is 13.2. The number of anilines is 2. The third kappa shape index (κ3) is 7.50. The van der Waals surface area contributed by atoms with Gasteiger partial charge in [-0.15, -0.1) is 0 Å². The lowest BCUT2D eigenvalue weighted by atomic mass is 10.1.